The highest BCUT2D eigenvalue weighted by Crippen LogP contribution is 2.32. The maximum Gasteiger partial charge on any atom is 0.309 e. The topological polar surface area (TPSA) is 71.4 Å². The average molecular weight is 448 g/mol. The maximum atomic E-state index is 12.6. The van der Waals surface area contributed by atoms with Gasteiger partial charge in [-0.15, -0.1) is 0 Å². The van der Waals surface area contributed by atoms with Crippen molar-refractivity contribution in [1.29, 1.82) is 0 Å². The molecule has 1 amide bonds. The highest BCUT2D eigenvalue weighted by Gasteiger charge is 2.35. The number of thioether (sulfide) groups is 1. The van der Waals surface area contributed by atoms with Gasteiger partial charge in [0, 0.05) is 31.5 Å². The normalized spacial score (nSPS) is 20.7. The molecule has 3 rings (SSSR count). The number of rotatable bonds is 8. The van der Waals surface area contributed by atoms with Crippen molar-refractivity contribution < 1.29 is 19.1 Å². The first-order valence-electron chi connectivity index (χ1n) is 11.1. The molecule has 0 radical (unpaired) electrons. The van der Waals surface area contributed by atoms with Crippen LogP contribution >= 0.6 is 11.8 Å². The lowest BCUT2D eigenvalue weighted by Crippen LogP contribution is -2.48. The second-order valence-electron chi connectivity index (χ2n) is 7.90. The molecule has 1 aliphatic carbocycles. The van der Waals surface area contributed by atoms with E-state index in [0.29, 0.717) is 18.4 Å². The molecule has 7 nitrogen and oxygen atoms in total. The fraction of sp³-hybridized carbons (Fsp3) is 0.609. The molecule has 8 heteroatoms. The number of nitrogens with zero attached hydrogens (tertiary/aromatic N) is 3. The molecule has 0 N–H and O–H groups in total. The molecule has 0 aromatic heterocycles. The van der Waals surface area contributed by atoms with Gasteiger partial charge in [0.25, 0.3) is 0 Å². The third kappa shape index (κ3) is 6.38. The number of esters is 1. The van der Waals surface area contributed by atoms with E-state index in [4.69, 9.17) is 14.5 Å². The van der Waals surface area contributed by atoms with Crippen molar-refractivity contribution in [3.05, 3.63) is 24.3 Å². The Morgan fingerprint density at radius 2 is 2.03 bits per heavy atom. The molecule has 1 aromatic rings. The number of carbonyl (C=O) groups is 2. The van der Waals surface area contributed by atoms with Crippen LogP contribution in [0.15, 0.2) is 29.3 Å². The molecule has 1 aromatic carbocycles. The van der Waals surface area contributed by atoms with Gasteiger partial charge in [-0.3, -0.25) is 19.5 Å². The first kappa shape index (κ1) is 23.4. The summed E-state index contributed by atoms with van der Waals surface area (Å²) in [6, 6.07) is 7.86. The van der Waals surface area contributed by atoms with Gasteiger partial charge < -0.3 is 14.4 Å². The van der Waals surface area contributed by atoms with Gasteiger partial charge in [0.1, 0.15) is 11.9 Å². The van der Waals surface area contributed by atoms with E-state index in [2.05, 4.69) is 4.90 Å². The molecule has 2 aliphatic rings. The molecule has 1 unspecified atom stereocenters. The minimum atomic E-state index is -0.279. The summed E-state index contributed by atoms with van der Waals surface area (Å²) in [6.07, 6.45) is 6.22. The van der Waals surface area contributed by atoms with E-state index in [1.807, 2.05) is 31.3 Å². The van der Waals surface area contributed by atoms with E-state index in [9.17, 15) is 9.59 Å². The van der Waals surface area contributed by atoms with Crippen molar-refractivity contribution in [2.24, 2.45) is 4.99 Å². The van der Waals surface area contributed by atoms with Crippen LogP contribution in [0, 0.1) is 0 Å². The first-order valence-corrected chi connectivity index (χ1v) is 12.1. The van der Waals surface area contributed by atoms with Crippen molar-refractivity contribution in [3.63, 3.8) is 0 Å². The summed E-state index contributed by atoms with van der Waals surface area (Å²) < 4.78 is 10.6. The second-order valence-corrected chi connectivity index (χ2v) is 8.88. The van der Waals surface area contributed by atoms with Crippen LogP contribution in [0.5, 0.6) is 5.75 Å². The first-order chi connectivity index (χ1) is 15.0. The number of anilines is 1. The molecule has 170 valence electrons. The molecule has 2 fully saturated rings. The molecular weight excluding hydrogens is 414 g/mol. The largest absolute Gasteiger partial charge is 0.493 e. The maximum absolute atomic E-state index is 12.6. The summed E-state index contributed by atoms with van der Waals surface area (Å²) in [5.41, 5.74) is 0.775. The highest BCUT2D eigenvalue weighted by molar-refractivity contribution is 8.14. The highest BCUT2D eigenvalue weighted by atomic mass is 32.2. The second kappa shape index (κ2) is 11.4. The number of amidine groups is 1. The predicted octanol–water partition coefficient (Wildman–Crippen LogP) is 4.06. The number of benzene rings is 1. The smallest absolute Gasteiger partial charge is 0.309 e. The molecule has 1 saturated heterocycles. The van der Waals surface area contributed by atoms with Crippen LogP contribution in [0.1, 0.15) is 52.4 Å². The molecule has 1 aliphatic heterocycles. The van der Waals surface area contributed by atoms with Crippen molar-refractivity contribution in [1.82, 2.24) is 4.90 Å². The van der Waals surface area contributed by atoms with Crippen LogP contribution in [-0.2, 0) is 14.3 Å². The fourth-order valence-electron chi connectivity index (χ4n) is 4.00. The van der Waals surface area contributed by atoms with Gasteiger partial charge in [0.2, 0.25) is 5.91 Å². The number of ether oxygens (including phenoxy) is 2. The Morgan fingerprint density at radius 1 is 1.26 bits per heavy atom. The minimum absolute atomic E-state index is 0.0277. The van der Waals surface area contributed by atoms with Crippen LogP contribution in [0.4, 0.5) is 5.69 Å². The van der Waals surface area contributed by atoms with Crippen LogP contribution in [-0.4, -0.2) is 60.2 Å². The summed E-state index contributed by atoms with van der Waals surface area (Å²) in [6.45, 7) is 3.96. The van der Waals surface area contributed by atoms with Crippen LogP contribution in [0.3, 0.4) is 0 Å². The number of hydrogen-bond acceptors (Lipinski definition) is 6. The average Bonchev–Trinajstić information content (AvgIpc) is 3.09. The summed E-state index contributed by atoms with van der Waals surface area (Å²) in [7, 11) is 2.02. The molecular formula is C23H33N3O4S. The fourth-order valence-corrected chi connectivity index (χ4v) is 5.22. The van der Waals surface area contributed by atoms with Gasteiger partial charge in [0.15, 0.2) is 5.17 Å². The van der Waals surface area contributed by atoms with Crippen molar-refractivity contribution >= 4 is 34.5 Å². The van der Waals surface area contributed by atoms with Crippen LogP contribution in [0.2, 0.25) is 0 Å². The number of hydrogen-bond donors (Lipinski definition) is 0. The predicted molar refractivity (Wildman–Crippen MR) is 125 cm³/mol. The van der Waals surface area contributed by atoms with Crippen molar-refractivity contribution in [2.45, 2.75) is 64.6 Å². The lowest BCUT2D eigenvalue weighted by molar-refractivity contribution is -0.143. The summed E-state index contributed by atoms with van der Waals surface area (Å²) in [5, 5.41) is 1.02. The number of carbonyl (C=O) groups excluding carboxylic acids is 2. The lowest BCUT2D eigenvalue weighted by Gasteiger charge is -2.33. The van der Waals surface area contributed by atoms with Crippen LogP contribution < -0.4 is 9.64 Å². The Kier molecular flexibility index (Phi) is 8.63. The minimum Gasteiger partial charge on any atom is -0.493 e. The van der Waals surface area contributed by atoms with Crippen LogP contribution in [0.25, 0.3) is 0 Å². The van der Waals surface area contributed by atoms with Gasteiger partial charge in [-0.05, 0) is 31.9 Å². The molecule has 0 spiro atoms. The zero-order chi connectivity index (χ0) is 22.2. The van der Waals surface area contributed by atoms with Gasteiger partial charge in [-0.25, -0.2) is 0 Å². The van der Waals surface area contributed by atoms with E-state index in [1.54, 1.807) is 30.5 Å². The molecule has 0 bridgehead atoms. The molecule has 1 saturated carbocycles. The summed E-state index contributed by atoms with van der Waals surface area (Å²) >= 11 is 1.72. The number of amides is 1. The Labute approximate surface area is 189 Å². The van der Waals surface area contributed by atoms with E-state index < -0.39 is 0 Å². The quantitative estimate of drug-likeness (QED) is 0.560. The third-order valence-electron chi connectivity index (χ3n) is 5.59. The number of aliphatic imine (C=N–C) groups is 1. The zero-order valence-corrected chi connectivity index (χ0v) is 19.5. The van der Waals surface area contributed by atoms with Gasteiger partial charge in [-0.1, -0.05) is 37.1 Å². The Bertz CT molecular complexity index is 795. The van der Waals surface area contributed by atoms with Gasteiger partial charge >= 0.3 is 5.97 Å². The monoisotopic (exact) mass is 447 g/mol. The summed E-state index contributed by atoms with van der Waals surface area (Å²) in [4.78, 5) is 33.0. The van der Waals surface area contributed by atoms with E-state index in [0.717, 1.165) is 29.4 Å². The van der Waals surface area contributed by atoms with Gasteiger partial charge in [-0.2, -0.15) is 0 Å². The Balaban J connectivity index is 1.68. The molecule has 1 heterocycles. The Morgan fingerprint density at radius 3 is 2.74 bits per heavy atom. The lowest BCUT2D eigenvalue weighted by atomic mass is 9.96. The summed E-state index contributed by atoms with van der Waals surface area (Å²) in [5.74, 6) is 1.09. The SMILES string of the molecule is CCOC(=O)CCOc1cccc(N(C(C)=O)C2CSC(=NC3CCCCC3)N2C)c1. The van der Waals surface area contributed by atoms with E-state index >= 15 is 0 Å². The zero-order valence-electron chi connectivity index (χ0n) is 18.7. The van der Waals surface area contributed by atoms with E-state index in [-0.39, 0.29) is 31.1 Å². The Hall–Kier alpha value is -2.22. The van der Waals surface area contributed by atoms with E-state index in [1.165, 1.54) is 19.3 Å². The third-order valence-corrected chi connectivity index (χ3v) is 6.71. The molecule has 1 atom stereocenters. The standard InChI is InChI=1S/C23H33N3O4S/c1-4-29-22(28)13-14-30-20-12-8-11-19(15-20)26(17(2)27)21-16-31-23(25(21)3)24-18-9-6-5-7-10-18/h8,11-12,15,18,21H,4-7,9-10,13-14,16H2,1-3H3. The van der Waals surface area contributed by atoms with Gasteiger partial charge in [0.05, 0.1) is 25.7 Å². The molecule has 31 heavy (non-hydrogen) atoms. The van der Waals surface area contributed by atoms with Crippen molar-refractivity contribution in [3.8, 4) is 5.75 Å². The van der Waals surface area contributed by atoms with Crippen molar-refractivity contribution in [2.75, 3.05) is 30.9 Å².